The highest BCUT2D eigenvalue weighted by molar-refractivity contribution is 5.82. The average Bonchev–Trinajstić information content (AvgIpc) is 3.37. The molecule has 39 heavy (non-hydrogen) atoms. The Morgan fingerprint density at radius 1 is 1.21 bits per heavy atom. The van der Waals surface area contributed by atoms with Crippen molar-refractivity contribution in [1.29, 1.82) is 0 Å². The second kappa shape index (κ2) is 13.1. The second-order valence-corrected chi connectivity index (χ2v) is 9.93. The van der Waals surface area contributed by atoms with E-state index in [1.54, 1.807) is 31.3 Å². The molecule has 0 aliphatic carbocycles. The van der Waals surface area contributed by atoms with Crippen molar-refractivity contribution in [3.63, 3.8) is 0 Å². The zero-order chi connectivity index (χ0) is 27.8. The number of nitrogens with one attached hydrogen (secondary N) is 2. The molecular weight excluding hydrogens is 507 g/mol. The van der Waals surface area contributed by atoms with Crippen LogP contribution in [0.5, 0.6) is 6.01 Å². The highest BCUT2D eigenvalue weighted by Gasteiger charge is 2.40. The van der Waals surface area contributed by atoms with Crippen LogP contribution in [0.25, 0.3) is 22.6 Å². The molecule has 0 saturated carbocycles. The fraction of sp³-hybridized carbons (Fsp3) is 0.481. The topological polar surface area (TPSA) is 135 Å². The van der Waals surface area contributed by atoms with Gasteiger partial charge in [-0.2, -0.15) is 4.98 Å². The molecule has 0 spiro atoms. The zero-order valence-corrected chi connectivity index (χ0v) is 22.4. The van der Waals surface area contributed by atoms with Crippen LogP contribution in [0, 0.1) is 11.2 Å². The molecule has 1 aliphatic heterocycles. The van der Waals surface area contributed by atoms with E-state index in [-0.39, 0.29) is 44.2 Å². The van der Waals surface area contributed by atoms with E-state index in [9.17, 15) is 9.18 Å². The van der Waals surface area contributed by atoms with Crippen LogP contribution in [-0.4, -0.2) is 89.5 Å². The number of rotatable bonds is 12. The van der Waals surface area contributed by atoms with Crippen molar-refractivity contribution in [2.75, 3.05) is 53.6 Å². The molecule has 1 amide bonds. The number of aromatic amines is 1. The third-order valence-corrected chi connectivity index (χ3v) is 6.21. The average molecular weight is 543 g/mol. The summed E-state index contributed by atoms with van der Waals surface area (Å²) in [6, 6.07) is 7.81. The molecular formula is C27H35FN6O5. The third-order valence-electron chi connectivity index (χ3n) is 6.21. The largest absolute Gasteiger partial charge is 0.463 e. The van der Waals surface area contributed by atoms with Crippen molar-refractivity contribution in [2.45, 2.75) is 26.1 Å². The van der Waals surface area contributed by atoms with Gasteiger partial charge in [0.05, 0.1) is 42.3 Å². The number of ether oxygens (including phenoxy) is 3. The smallest absolute Gasteiger partial charge is 0.316 e. The Morgan fingerprint density at radius 3 is 2.64 bits per heavy atom. The van der Waals surface area contributed by atoms with Gasteiger partial charge in [-0.25, -0.2) is 14.4 Å². The first-order valence-electron chi connectivity index (χ1n) is 12.9. The molecule has 0 atom stereocenters. The first kappa shape index (κ1) is 28.6. The van der Waals surface area contributed by atoms with Crippen molar-refractivity contribution in [3.8, 4) is 28.7 Å². The number of aliphatic hydroxyl groups is 1. The Labute approximate surface area is 226 Å². The predicted molar refractivity (Wildman–Crippen MR) is 141 cm³/mol. The van der Waals surface area contributed by atoms with Gasteiger partial charge in [-0.05, 0) is 64.3 Å². The van der Waals surface area contributed by atoms with Gasteiger partial charge in [0.1, 0.15) is 5.82 Å². The first-order chi connectivity index (χ1) is 18.8. The van der Waals surface area contributed by atoms with Crippen molar-refractivity contribution in [2.24, 2.45) is 5.41 Å². The van der Waals surface area contributed by atoms with Gasteiger partial charge < -0.3 is 34.5 Å². The molecule has 4 rings (SSSR count). The lowest BCUT2D eigenvalue weighted by atomic mass is 9.91. The number of H-pyrrole nitrogens is 1. The Morgan fingerprint density at radius 2 is 1.95 bits per heavy atom. The van der Waals surface area contributed by atoms with Crippen molar-refractivity contribution >= 4 is 5.91 Å². The van der Waals surface area contributed by atoms with Gasteiger partial charge in [-0.1, -0.05) is 0 Å². The van der Waals surface area contributed by atoms with Crippen LogP contribution in [0.2, 0.25) is 0 Å². The van der Waals surface area contributed by atoms with Gasteiger partial charge >= 0.3 is 6.01 Å². The van der Waals surface area contributed by atoms with E-state index in [0.29, 0.717) is 41.4 Å². The lowest BCUT2D eigenvalue weighted by molar-refractivity contribution is -0.231. The lowest BCUT2D eigenvalue weighted by Gasteiger charge is -2.35. The van der Waals surface area contributed by atoms with Gasteiger partial charge in [0.2, 0.25) is 12.2 Å². The van der Waals surface area contributed by atoms with Crippen LogP contribution in [0.3, 0.4) is 0 Å². The molecule has 210 valence electrons. The van der Waals surface area contributed by atoms with Gasteiger partial charge in [-0.15, -0.1) is 0 Å². The first-order valence-corrected chi connectivity index (χ1v) is 12.9. The van der Waals surface area contributed by atoms with Crippen LogP contribution < -0.4 is 10.1 Å². The van der Waals surface area contributed by atoms with Crippen molar-refractivity contribution in [3.05, 3.63) is 48.2 Å². The van der Waals surface area contributed by atoms with Crippen LogP contribution in [0.4, 0.5) is 4.39 Å². The summed E-state index contributed by atoms with van der Waals surface area (Å²) in [5.41, 5.74) is 1.39. The van der Waals surface area contributed by atoms with E-state index >= 15 is 0 Å². The molecule has 3 N–H and O–H groups in total. The molecule has 3 heterocycles. The van der Waals surface area contributed by atoms with Crippen LogP contribution >= 0.6 is 0 Å². The van der Waals surface area contributed by atoms with E-state index in [2.05, 4.69) is 25.2 Å². The Bertz CT molecular complexity index is 1230. The number of carbonyl (C=O) groups excluding carboxylic acids is 1. The van der Waals surface area contributed by atoms with Crippen LogP contribution in [0.1, 0.15) is 31.9 Å². The Kier molecular flexibility index (Phi) is 9.57. The SMILES string of the molecule is CN(C)CCCNC(=O)C1(C)COC(c2nc(-c3ccc(F)cc3)c(-c3ccnc(OCCCO)n3)[nH]2)OC1. The number of nitrogens with zero attached hydrogens (tertiary/aromatic N) is 4. The van der Waals surface area contributed by atoms with E-state index in [4.69, 9.17) is 24.3 Å². The maximum Gasteiger partial charge on any atom is 0.316 e. The molecule has 3 aromatic rings. The molecule has 1 aliphatic rings. The van der Waals surface area contributed by atoms with Gasteiger partial charge in [0.15, 0.2) is 5.82 Å². The number of aromatic nitrogens is 4. The molecule has 1 saturated heterocycles. The number of halogens is 1. The Hall–Kier alpha value is -3.45. The van der Waals surface area contributed by atoms with Crippen LogP contribution in [-0.2, 0) is 14.3 Å². The number of aliphatic hydroxyl groups excluding tert-OH is 1. The van der Waals surface area contributed by atoms with Gasteiger partial charge in [-0.3, -0.25) is 4.79 Å². The quantitative estimate of drug-likeness (QED) is 0.295. The number of carbonyl (C=O) groups is 1. The molecule has 12 heteroatoms. The standard InChI is InChI=1S/C27H35FN6O5/c1-27(25(36)29-11-4-13-34(2)3)16-38-24(39-17-27)23-32-21(18-6-8-19(28)9-7-18)22(33-23)20-10-12-30-26(31-20)37-15-5-14-35/h6-10,12,24,35H,4-5,11,13-17H2,1-3H3,(H,29,36)(H,32,33). The number of amides is 1. The highest BCUT2D eigenvalue weighted by Crippen LogP contribution is 2.35. The molecule has 0 radical (unpaired) electrons. The molecule has 0 unspecified atom stereocenters. The minimum Gasteiger partial charge on any atom is -0.463 e. The minimum absolute atomic E-state index is 0.00311. The fourth-order valence-electron chi connectivity index (χ4n) is 3.99. The normalized spacial score (nSPS) is 19.3. The molecule has 11 nitrogen and oxygen atoms in total. The number of imidazole rings is 1. The third kappa shape index (κ3) is 7.35. The number of benzene rings is 1. The number of hydrogen-bond donors (Lipinski definition) is 3. The lowest BCUT2D eigenvalue weighted by Crippen LogP contribution is -2.49. The van der Waals surface area contributed by atoms with E-state index in [0.717, 1.165) is 13.0 Å². The summed E-state index contributed by atoms with van der Waals surface area (Å²) in [5.74, 6) is -0.100. The van der Waals surface area contributed by atoms with E-state index in [1.807, 2.05) is 14.1 Å². The summed E-state index contributed by atoms with van der Waals surface area (Å²) in [6.07, 6.45) is 2.01. The molecule has 2 aromatic heterocycles. The fourth-order valence-corrected chi connectivity index (χ4v) is 3.99. The van der Waals surface area contributed by atoms with Crippen molar-refractivity contribution in [1.82, 2.24) is 30.2 Å². The highest BCUT2D eigenvalue weighted by atomic mass is 19.1. The van der Waals surface area contributed by atoms with Crippen molar-refractivity contribution < 1.29 is 28.5 Å². The van der Waals surface area contributed by atoms with E-state index < -0.39 is 11.7 Å². The second-order valence-electron chi connectivity index (χ2n) is 9.93. The number of hydrogen-bond acceptors (Lipinski definition) is 9. The summed E-state index contributed by atoms with van der Waals surface area (Å²) < 4.78 is 31.1. The predicted octanol–water partition coefficient (Wildman–Crippen LogP) is 2.55. The maximum absolute atomic E-state index is 13.6. The van der Waals surface area contributed by atoms with Crippen LogP contribution in [0.15, 0.2) is 36.5 Å². The molecule has 0 bridgehead atoms. The summed E-state index contributed by atoms with van der Waals surface area (Å²) in [4.78, 5) is 31.4. The molecule has 1 fully saturated rings. The van der Waals surface area contributed by atoms with E-state index in [1.165, 1.54) is 12.1 Å². The summed E-state index contributed by atoms with van der Waals surface area (Å²) in [5, 5.41) is 12.0. The summed E-state index contributed by atoms with van der Waals surface area (Å²) >= 11 is 0. The monoisotopic (exact) mass is 542 g/mol. The molecule has 1 aromatic carbocycles. The maximum atomic E-state index is 13.6. The summed E-state index contributed by atoms with van der Waals surface area (Å²) in [6.45, 7) is 3.82. The van der Waals surface area contributed by atoms with Gasteiger partial charge in [0.25, 0.3) is 0 Å². The Balaban J connectivity index is 1.52. The zero-order valence-electron chi connectivity index (χ0n) is 22.4. The minimum atomic E-state index is -0.838. The van der Waals surface area contributed by atoms with Gasteiger partial charge in [0, 0.05) is 31.3 Å². The summed E-state index contributed by atoms with van der Waals surface area (Å²) in [7, 11) is 3.98.